The molecule has 0 aliphatic rings. The highest BCUT2D eigenvalue weighted by Gasteiger charge is 2.22. The van der Waals surface area contributed by atoms with Gasteiger partial charge in [0.1, 0.15) is 11.3 Å². The van der Waals surface area contributed by atoms with Crippen LogP contribution in [0.15, 0.2) is 68.5 Å². The molecule has 0 N–H and O–H groups in total. The first-order valence-corrected chi connectivity index (χ1v) is 8.30. The van der Waals surface area contributed by atoms with Gasteiger partial charge < -0.3 is 13.6 Å². The van der Waals surface area contributed by atoms with E-state index in [1.165, 1.54) is 12.4 Å². The van der Waals surface area contributed by atoms with E-state index in [1.54, 1.807) is 32.0 Å². The number of hydrogen-bond acceptors (Lipinski definition) is 6. The first-order chi connectivity index (χ1) is 13.0. The third-order valence-corrected chi connectivity index (χ3v) is 4.28. The van der Waals surface area contributed by atoms with E-state index in [4.69, 9.17) is 13.6 Å². The van der Waals surface area contributed by atoms with Gasteiger partial charge in [-0.3, -0.25) is 4.98 Å². The van der Waals surface area contributed by atoms with Crippen molar-refractivity contribution in [3.63, 3.8) is 0 Å². The van der Waals surface area contributed by atoms with Gasteiger partial charge in [-0.15, -0.1) is 0 Å². The van der Waals surface area contributed by atoms with Gasteiger partial charge in [0.15, 0.2) is 11.5 Å². The lowest BCUT2D eigenvalue weighted by Gasteiger charge is -2.11. The highest BCUT2D eigenvalue weighted by molar-refractivity contribution is 5.91. The fraction of sp³-hybridized carbons (Fsp3) is 0.0952. The van der Waals surface area contributed by atoms with Gasteiger partial charge in [-0.1, -0.05) is 18.2 Å². The van der Waals surface area contributed by atoms with Crippen molar-refractivity contribution in [3.8, 4) is 17.3 Å². The molecule has 0 aliphatic heterocycles. The molecule has 0 fully saturated rings. The van der Waals surface area contributed by atoms with Gasteiger partial charge in [0, 0.05) is 23.3 Å². The third-order valence-electron chi connectivity index (χ3n) is 4.28. The molecule has 4 rings (SSSR count). The molecule has 4 aromatic rings. The molecule has 0 aliphatic carbocycles. The van der Waals surface area contributed by atoms with Crippen molar-refractivity contribution in [1.29, 1.82) is 0 Å². The summed E-state index contributed by atoms with van der Waals surface area (Å²) in [5.41, 5.74) is 1.14. The summed E-state index contributed by atoms with van der Waals surface area (Å²) in [5.74, 6) is 0.222. The minimum absolute atomic E-state index is 0.170. The van der Waals surface area contributed by atoms with Crippen LogP contribution in [0.2, 0.25) is 0 Å². The molecule has 27 heavy (non-hydrogen) atoms. The summed E-state index contributed by atoms with van der Waals surface area (Å²) in [6.07, 6.45) is 2.99. The van der Waals surface area contributed by atoms with Crippen molar-refractivity contribution in [2.24, 2.45) is 0 Å². The van der Waals surface area contributed by atoms with Crippen molar-refractivity contribution in [1.82, 2.24) is 4.98 Å². The van der Waals surface area contributed by atoms with Crippen LogP contribution in [0.1, 0.15) is 21.5 Å². The molecule has 0 amide bonds. The van der Waals surface area contributed by atoms with E-state index in [-0.39, 0.29) is 17.1 Å². The van der Waals surface area contributed by atoms with Crippen LogP contribution in [0, 0.1) is 13.8 Å². The molecule has 3 heterocycles. The number of ether oxygens (including phenoxy) is 1. The highest BCUT2D eigenvalue weighted by Crippen LogP contribution is 2.34. The average molecular weight is 361 g/mol. The summed E-state index contributed by atoms with van der Waals surface area (Å²) in [6, 6.07) is 12.3. The van der Waals surface area contributed by atoms with Crippen LogP contribution in [-0.4, -0.2) is 11.0 Å². The van der Waals surface area contributed by atoms with E-state index in [0.717, 1.165) is 5.39 Å². The zero-order valence-corrected chi connectivity index (χ0v) is 14.7. The molecule has 0 bridgehead atoms. The van der Waals surface area contributed by atoms with Crippen molar-refractivity contribution in [2.45, 2.75) is 13.8 Å². The fourth-order valence-electron chi connectivity index (χ4n) is 2.84. The van der Waals surface area contributed by atoms with Crippen LogP contribution < -0.4 is 10.4 Å². The zero-order chi connectivity index (χ0) is 19.0. The number of nitrogens with zero attached hydrogens (tertiary/aromatic N) is 1. The standard InChI is InChI=1S/C21H15NO5/c1-12-18(26-21(24)14-7-9-22-10-8-14)13(2)20(23)27-19(12)17-11-15-5-3-4-6-16(15)25-17/h3-11H,1-2H3. The lowest BCUT2D eigenvalue weighted by molar-refractivity contribution is 0.0731. The smallest absolute Gasteiger partial charge is 0.343 e. The molecule has 134 valence electrons. The Labute approximate surface area is 154 Å². The molecule has 6 heteroatoms. The van der Waals surface area contributed by atoms with Crippen LogP contribution in [0.25, 0.3) is 22.5 Å². The lowest BCUT2D eigenvalue weighted by atomic mass is 10.1. The average Bonchev–Trinajstić information content (AvgIpc) is 3.12. The molecule has 1 aromatic carbocycles. The highest BCUT2D eigenvalue weighted by atomic mass is 16.5. The number of carbonyl (C=O) groups is 1. The molecule has 6 nitrogen and oxygen atoms in total. The Hall–Kier alpha value is -3.67. The number of rotatable bonds is 3. The minimum atomic E-state index is -0.589. The number of esters is 1. The maximum absolute atomic E-state index is 12.4. The first kappa shape index (κ1) is 16.8. The number of benzene rings is 1. The molecule has 0 radical (unpaired) electrons. The Balaban J connectivity index is 1.81. The lowest BCUT2D eigenvalue weighted by Crippen LogP contribution is -2.15. The van der Waals surface area contributed by atoms with Crippen LogP contribution in [0.3, 0.4) is 0 Å². The zero-order valence-electron chi connectivity index (χ0n) is 14.7. The second-order valence-corrected chi connectivity index (χ2v) is 6.07. The van der Waals surface area contributed by atoms with Gasteiger partial charge in [0.05, 0.1) is 11.1 Å². The Morgan fingerprint density at radius 3 is 2.48 bits per heavy atom. The number of aromatic nitrogens is 1. The second-order valence-electron chi connectivity index (χ2n) is 6.07. The third kappa shape index (κ3) is 3.01. The molecular weight excluding hydrogens is 346 g/mol. The molecule has 0 atom stereocenters. The van der Waals surface area contributed by atoms with Gasteiger partial charge >= 0.3 is 11.6 Å². The summed E-state index contributed by atoms with van der Waals surface area (Å²) in [5, 5.41) is 0.880. The topological polar surface area (TPSA) is 82.5 Å². The molecule has 0 unspecified atom stereocenters. The summed E-state index contributed by atoms with van der Waals surface area (Å²) < 4.78 is 16.7. The van der Waals surface area contributed by atoms with Gasteiger partial charge in [-0.05, 0) is 38.1 Å². The van der Waals surface area contributed by atoms with Crippen molar-refractivity contribution < 1.29 is 18.4 Å². The summed E-state index contributed by atoms with van der Waals surface area (Å²) >= 11 is 0. The van der Waals surface area contributed by atoms with Crippen molar-refractivity contribution in [3.05, 3.63) is 82.0 Å². The molecular formula is C21H15NO5. The van der Waals surface area contributed by atoms with Crippen molar-refractivity contribution >= 4 is 16.9 Å². The summed E-state index contributed by atoms with van der Waals surface area (Å²) in [7, 11) is 0. The normalized spacial score (nSPS) is 10.9. The minimum Gasteiger partial charge on any atom is -0.453 e. The number of hydrogen-bond donors (Lipinski definition) is 0. The van der Waals surface area contributed by atoms with Crippen LogP contribution in [-0.2, 0) is 0 Å². The largest absolute Gasteiger partial charge is 0.453 e. The Kier molecular flexibility index (Phi) is 4.08. The van der Waals surface area contributed by atoms with E-state index in [2.05, 4.69) is 4.98 Å². The van der Waals surface area contributed by atoms with E-state index in [9.17, 15) is 9.59 Å². The predicted octanol–water partition coefficient (Wildman–Crippen LogP) is 4.28. The fourth-order valence-corrected chi connectivity index (χ4v) is 2.84. The van der Waals surface area contributed by atoms with Gasteiger partial charge in [-0.25, -0.2) is 9.59 Å². The SMILES string of the molecule is Cc1c(-c2cc3ccccc3o2)oc(=O)c(C)c1OC(=O)c1ccncc1. The van der Waals surface area contributed by atoms with E-state index < -0.39 is 11.6 Å². The monoisotopic (exact) mass is 361 g/mol. The van der Waals surface area contributed by atoms with Gasteiger partial charge in [0.2, 0.25) is 0 Å². The van der Waals surface area contributed by atoms with Crippen LogP contribution >= 0.6 is 0 Å². The van der Waals surface area contributed by atoms with E-state index in [0.29, 0.717) is 22.5 Å². The number of para-hydroxylation sites is 1. The predicted molar refractivity (Wildman–Crippen MR) is 98.9 cm³/mol. The maximum Gasteiger partial charge on any atom is 0.343 e. The van der Waals surface area contributed by atoms with Crippen LogP contribution in [0.4, 0.5) is 0 Å². The number of carbonyl (C=O) groups excluding carboxylic acids is 1. The first-order valence-electron chi connectivity index (χ1n) is 8.30. The number of pyridine rings is 1. The quantitative estimate of drug-likeness (QED) is 0.506. The van der Waals surface area contributed by atoms with Gasteiger partial charge in [0.25, 0.3) is 0 Å². The molecule has 0 saturated heterocycles. The van der Waals surface area contributed by atoms with Gasteiger partial charge in [-0.2, -0.15) is 0 Å². The van der Waals surface area contributed by atoms with E-state index >= 15 is 0 Å². The van der Waals surface area contributed by atoms with Crippen molar-refractivity contribution in [2.75, 3.05) is 0 Å². The molecule has 0 spiro atoms. The Morgan fingerprint density at radius 1 is 1.00 bits per heavy atom. The Morgan fingerprint density at radius 2 is 1.74 bits per heavy atom. The number of furan rings is 1. The summed E-state index contributed by atoms with van der Waals surface area (Å²) in [4.78, 5) is 28.6. The Bertz CT molecular complexity index is 1170. The molecule has 3 aromatic heterocycles. The van der Waals surface area contributed by atoms with Crippen LogP contribution in [0.5, 0.6) is 5.75 Å². The molecule has 0 saturated carbocycles. The second kappa shape index (κ2) is 6.57. The maximum atomic E-state index is 12.4. The summed E-state index contributed by atoms with van der Waals surface area (Å²) in [6.45, 7) is 3.27. The van der Waals surface area contributed by atoms with E-state index in [1.807, 2.05) is 24.3 Å². The number of fused-ring (bicyclic) bond motifs is 1.